The van der Waals surface area contributed by atoms with Crippen LogP contribution in [0.25, 0.3) is 0 Å². The maximum absolute atomic E-state index is 11.7. The summed E-state index contributed by atoms with van der Waals surface area (Å²) < 4.78 is 0. The molecule has 4 heteroatoms. The van der Waals surface area contributed by atoms with Gasteiger partial charge in [0.2, 0.25) is 5.91 Å². The van der Waals surface area contributed by atoms with Crippen molar-refractivity contribution in [2.24, 2.45) is 11.8 Å². The first-order valence-electron chi connectivity index (χ1n) is 5.93. The van der Waals surface area contributed by atoms with Crippen LogP contribution in [0.1, 0.15) is 47.0 Å². The highest BCUT2D eigenvalue weighted by Crippen LogP contribution is 2.12. The minimum Gasteiger partial charge on any atom is -0.481 e. The summed E-state index contributed by atoms with van der Waals surface area (Å²) in [5.74, 6) is -2.22. The van der Waals surface area contributed by atoms with Crippen molar-refractivity contribution < 1.29 is 14.7 Å². The molecule has 0 aromatic carbocycles. The van der Waals surface area contributed by atoms with Crippen molar-refractivity contribution in [1.82, 2.24) is 5.32 Å². The first-order valence-corrected chi connectivity index (χ1v) is 5.93. The lowest BCUT2D eigenvalue weighted by atomic mass is 9.95. The van der Waals surface area contributed by atoms with E-state index in [-0.39, 0.29) is 11.9 Å². The van der Waals surface area contributed by atoms with E-state index in [4.69, 9.17) is 5.11 Å². The largest absolute Gasteiger partial charge is 0.481 e. The lowest BCUT2D eigenvalue weighted by molar-refractivity contribution is -0.146. The van der Waals surface area contributed by atoms with Crippen LogP contribution in [0.15, 0.2) is 0 Å². The summed E-state index contributed by atoms with van der Waals surface area (Å²) in [6, 6.07) is 0.121. The molecule has 0 heterocycles. The van der Waals surface area contributed by atoms with E-state index in [2.05, 4.69) is 12.2 Å². The molecule has 0 bridgehead atoms. The molecule has 0 saturated heterocycles. The molecule has 94 valence electrons. The van der Waals surface area contributed by atoms with E-state index in [1.54, 1.807) is 13.8 Å². The number of carbonyl (C=O) groups excluding carboxylic acids is 1. The molecular weight excluding hydrogens is 206 g/mol. The molecule has 4 nitrogen and oxygen atoms in total. The van der Waals surface area contributed by atoms with Crippen molar-refractivity contribution in [1.29, 1.82) is 0 Å². The fourth-order valence-electron chi connectivity index (χ4n) is 1.40. The average Bonchev–Trinajstić information content (AvgIpc) is 2.23. The molecule has 0 aliphatic heterocycles. The third kappa shape index (κ3) is 5.14. The molecule has 0 spiro atoms. The van der Waals surface area contributed by atoms with Gasteiger partial charge in [-0.2, -0.15) is 0 Å². The number of carbonyl (C=O) groups is 2. The number of carboxylic acids is 1. The molecule has 0 aliphatic carbocycles. The molecule has 0 aromatic rings. The van der Waals surface area contributed by atoms with Crippen molar-refractivity contribution in [3.05, 3.63) is 0 Å². The monoisotopic (exact) mass is 229 g/mol. The Morgan fingerprint density at radius 2 is 1.75 bits per heavy atom. The smallest absolute Gasteiger partial charge is 0.307 e. The van der Waals surface area contributed by atoms with Gasteiger partial charge < -0.3 is 10.4 Å². The van der Waals surface area contributed by atoms with E-state index < -0.39 is 17.8 Å². The summed E-state index contributed by atoms with van der Waals surface area (Å²) in [5.41, 5.74) is 0. The Labute approximate surface area is 97.4 Å². The number of hydrogen-bond donors (Lipinski definition) is 2. The number of hydrogen-bond acceptors (Lipinski definition) is 2. The minimum atomic E-state index is -0.927. The lowest BCUT2D eigenvalue weighted by Crippen LogP contribution is -2.39. The third-order valence-electron chi connectivity index (χ3n) is 2.93. The second-order valence-corrected chi connectivity index (χ2v) is 4.47. The van der Waals surface area contributed by atoms with Crippen molar-refractivity contribution in [2.75, 3.05) is 0 Å². The molecule has 16 heavy (non-hydrogen) atoms. The Morgan fingerprint density at radius 3 is 2.19 bits per heavy atom. The normalized spacial score (nSPS) is 16.2. The van der Waals surface area contributed by atoms with E-state index >= 15 is 0 Å². The lowest BCUT2D eigenvalue weighted by Gasteiger charge is -2.19. The number of rotatable bonds is 7. The van der Waals surface area contributed by atoms with E-state index in [1.807, 2.05) is 6.92 Å². The van der Waals surface area contributed by atoms with Crippen LogP contribution in [-0.4, -0.2) is 23.0 Å². The Morgan fingerprint density at radius 1 is 1.19 bits per heavy atom. The molecular formula is C12H23NO3. The topological polar surface area (TPSA) is 66.4 Å². The van der Waals surface area contributed by atoms with Crippen LogP contribution in [-0.2, 0) is 9.59 Å². The molecule has 3 atom stereocenters. The second kappa shape index (κ2) is 7.25. The molecule has 0 fully saturated rings. The molecule has 0 aliphatic rings. The molecule has 0 saturated carbocycles. The second-order valence-electron chi connectivity index (χ2n) is 4.47. The van der Waals surface area contributed by atoms with Gasteiger partial charge in [0.15, 0.2) is 0 Å². The maximum atomic E-state index is 11.7. The van der Waals surface area contributed by atoms with Crippen LogP contribution in [0.4, 0.5) is 0 Å². The summed E-state index contributed by atoms with van der Waals surface area (Å²) in [6.45, 7) is 7.26. The molecule has 2 N–H and O–H groups in total. The fraction of sp³-hybridized carbons (Fsp3) is 0.833. The van der Waals surface area contributed by atoms with Crippen molar-refractivity contribution in [3.8, 4) is 0 Å². The van der Waals surface area contributed by atoms with Crippen LogP contribution in [0.3, 0.4) is 0 Å². The van der Waals surface area contributed by atoms with Gasteiger partial charge in [0.1, 0.15) is 0 Å². The predicted molar refractivity (Wildman–Crippen MR) is 63.1 cm³/mol. The molecule has 0 aromatic heterocycles. The van der Waals surface area contributed by atoms with Crippen molar-refractivity contribution >= 4 is 11.9 Å². The Balaban J connectivity index is 4.09. The molecule has 3 unspecified atom stereocenters. The van der Waals surface area contributed by atoms with Gasteiger partial charge in [0.05, 0.1) is 5.92 Å². The van der Waals surface area contributed by atoms with Crippen molar-refractivity contribution in [2.45, 2.75) is 53.0 Å². The number of carboxylic acid groups (broad SMARTS) is 1. The number of nitrogens with one attached hydrogen (secondary N) is 1. The highest BCUT2D eigenvalue weighted by atomic mass is 16.4. The quantitative estimate of drug-likeness (QED) is 0.702. The Hall–Kier alpha value is -1.06. The fourth-order valence-corrected chi connectivity index (χ4v) is 1.40. The van der Waals surface area contributed by atoms with Crippen molar-refractivity contribution in [3.63, 3.8) is 0 Å². The summed E-state index contributed by atoms with van der Waals surface area (Å²) in [7, 11) is 0. The van der Waals surface area contributed by atoms with E-state index in [0.717, 1.165) is 19.3 Å². The van der Waals surface area contributed by atoms with Gasteiger partial charge in [-0.05, 0) is 13.3 Å². The van der Waals surface area contributed by atoms with Gasteiger partial charge in [-0.25, -0.2) is 0 Å². The van der Waals surface area contributed by atoms with Crippen LogP contribution >= 0.6 is 0 Å². The first kappa shape index (κ1) is 14.9. The Kier molecular flexibility index (Phi) is 6.77. The SMILES string of the molecule is CCCCC(C)NC(=O)C(C)C(C)C(=O)O. The highest BCUT2D eigenvalue weighted by Gasteiger charge is 2.26. The van der Waals surface area contributed by atoms with Gasteiger partial charge in [0, 0.05) is 12.0 Å². The molecule has 0 rings (SSSR count). The summed E-state index contributed by atoms with van der Waals surface area (Å²) in [5, 5.41) is 11.6. The van der Waals surface area contributed by atoms with Gasteiger partial charge in [0.25, 0.3) is 0 Å². The van der Waals surface area contributed by atoms with E-state index in [0.29, 0.717) is 0 Å². The minimum absolute atomic E-state index is 0.121. The van der Waals surface area contributed by atoms with Gasteiger partial charge in [-0.3, -0.25) is 9.59 Å². The van der Waals surface area contributed by atoms with Crippen LogP contribution in [0, 0.1) is 11.8 Å². The van der Waals surface area contributed by atoms with Crippen LogP contribution in [0.2, 0.25) is 0 Å². The Bertz CT molecular complexity index is 240. The standard InChI is InChI=1S/C12H23NO3/c1-5-6-7-8(2)13-11(14)9(3)10(4)12(15)16/h8-10H,5-7H2,1-4H3,(H,13,14)(H,15,16). The van der Waals surface area contributed by atoms with E-state index in [9.17, 15) is 9.59 Å². The zero-order chi connectivity index (χ0) is 12.7. The number of aliphatic carboxylic acids is 1. The maximum Gasteiger partial charge on any atom is 0.307 e. The van der Waals surface area contributed by atoms with E-state index in [1.165, 1.54) is 0 Å². The highest BCUT2D eigenvalue weighted by molar-refractivity contribution is 5.84. The molecule has 1 amide bonds. The zero-order valence-corrected chi connectivity index (χ0v) is 10.6. The summed E-state index contributed by atoms with van der Waals surface area (Å²) >= 11 is 0. The van der Waals surface area contributed by atoms with Gasteiger partial charge in [-0.15, -0.1) is 0 Å². The average molecular weight is 229 g/mol. The predicted octanol–water partition coefficient (Wildman–Crippen LogP) is 2.04. The summed E-state index contributed by atoms with van der Waals surface area (Å²) in [4.78, 5) is 22.4. The number of amides is 1. The number of unbranched alkanes of at least 4 members (excludes halogenated alkanes) is 1. The van der Waals surface area contributed by atoms with Crippen LogP contribution in [0.5, 0.6) is 0 Å². The van der Waals surface area contributed by atoms with Gasteiger partial charge in [-0.1, -0.05) is 33.6 Å². The summed E-state index contributed by atoms with van der Waals surface area (Å²) in [6.07, 6.45) is 3.11. The third-order valence-corrected chi connectivity index (χ3v) is 2.93. The van der Waals surface area contributed by atoms with Crippen LogP contribution < -0.4 is 5.32 Å². The molecule has 0 radical (unpaired) electrons. The first-order chi connectivity index (χ1) is 7.40. The zero-order valence-electron chi connectivity index (χ0n) is 10.6. The van der Waals surface area contributed by atoms with Gasteiger partial charge >= 0.3 is 5.97 Å².